The van der Waals surface area contributed by atoms with Gasteiger partial charge in [0.1, 0.15) is 0 Å². The molecule has 0 radical (unpaired) electrons. The highest BCUT2D eigenvalue weighted by Gasteiger charge is 2.34. The zero-order valence-electron chi connectivity index (χ0n) is 10.2. The van der Waals surface area contributed by atoms with Crippen LogP contribution in [0.3, 0.4) is 0 Å². The third-order valence-corrected chi connectivity index (χ3v) is 5.77. The van der Waals surface area contributed by atoms with E-state index in [1.807, 2.05) is 13.8 Å². The topological polar surface area (TPSA) is 40.6 Å². The summed E-state index contributed by atoms with van der Waals surface area (Å²) in [5.41, 5.74) is 0. The molecule has 6 heteroatoms. The van der Waals surface area contributed by atoms with Gasteiger partial charge in [0.2, 0.25) is 0 Å². The van der Waals surface area contributed by atoms with Crippen molar-refractivity contribution in [3.63, 3.8) is 0 Å². The zero-order valence-corrected chi connectivity index (χ0v) is 12.6. The van der Waals surface area contributed by atoms with Crippen LogP contribution < -0.4 is 0 Å². The Balaban J connectivity index is 2.65. The quantitative estimate of drug-likeness (QED) is 0.725. The summed E-state index contributed by atoms with van der Waals surface area (Å²) in [4.78, 5) is 0. The molecule has 0 amide bonds. The summed E-state index contributed by atoms with van der Waals surface area (Å²) < 4.78 is 27.4. The van der Waals surface area contributed by atoms with E-state index in [4.69, 9.17) is 0 Å². The van der Waals surface area contributed by atoms with Gasteiger partial charge >= 0.3 is 0 Å². The molecule has 1 rings (SSSR count). The summed E-state index contributed by atoms with van der Waals surface area (Å²) in [5, 5.41) is 0.950. The SMILES string of the molecule is CC(C)N(C)S(=O)(=O)N1CCC(CCBr)C1. The lowest BCUT2D eigenvalue weighted by atomic mass is 10.1. The molecule has 1 fully saturated rings. The van der Waals surface area contributed by atoms with E-state index in [0.717, 1.165) is 18.2 Å². The standard InChI is InChI=1S/C10H21BrN2O2S/c1-9(2)12(3)16(14,15)13-7-5-10(8-13)4-6-11/h9-10H,4-8H2,1-3H3. The first-order valence-corrected chi connectivity index (χ1v) is 8.20. The normalized spacial score (nSPS) is 23.5. The molecule has 0 aromatic carbocycles. The van der Waals surface area contributed by atoms with Crippen molar-refractivity contribution in [3.8, 4) is 0 Å². The van der Waals surface area contributed by atoms with Crippen molar-refractivity contribution in [2.24, 2.45) is 5.92 Å². The van der Waals surface area contributed by atoms with E-state index >= 15 is 0 Å². The third kappa shape index (κ3) is 3.18. The van der Waals surface area contributed by atoms with Gasteiger partial charge in [-0.3, -0.25) is 0 Å². The molecule has 1 aliphatic rings. The molecule has 1 atom stereocenters. The van der Waals surface area contributed by atoms with Gasteiger partial charge in [-0.15, -0.1) is 0 Å². The highest BCUT2D eigenvalue weighted by molar-refractivity contribution is 9.09. The molecule has 1 heterocycles. The molecule has 0 bridgehead atoms. The largest absolute Gasteiger partial charge is 0.281 e. The first-order chi connectivity index (χ1) is 7.39. The Kier molecular flexibility index (Phi) is 5.22. The molecule has 0 aromatic rings. The van der Waals surface area contributed by atoms with E-state index in [9.17, 15) is 8.42 Å². The van der Waals surface area contributed by atoms with Crippen molar-refractivity contribution < 1.29 is 8.42 Å². The van der Waals surface area contributed by atoms with Crippen molar-refractivity contribution in [2.75, 3.05) is 25.5 Å². The van der Waals surface area contributed by atoms with E-state index in [1.165, 1.54) is 4.31 Å². The summed E-state index contributed by atoms with van der Waals surface area (Å²) in [7, 11) is -1.59. The van der Waals surface area contributed by atoms with Crippen molar-refractivity contribution in [1.29, 1.82) is 0 Å². The van der Waals surface area contributed by atoms with Crippen molar-refractivity contribution in [2.45, 2.75) is 32.7 Å². The minimum absolute atomic E-state index is 0.0141. The molecule has 0 aliphatic carbocycles. The average Bonchev–Trinajstić information content (AvgIpc) is 2.66. The summed E-state index contributed by atoms with van der Waals surface area (Å²) in [6, 6.07) is 0.0141. The lowest BCUT2D eigenvalue weighted by molar-refractivity contribution is 0.354. The van der Waals surface area contributed by atoms with Crippen LogP contribution in [0.25, 0.3) is 0 Å². The molecular weight excluding hydrogens is 292 g/mol. The van der Waals surface area contributed by atoms with E-state index < -0.39 is 10.2 Å². The first-order valence-electron chi connectivity index (χ1n) is 5.68. The predicted molar refractivity (Wildman–Crippen MR) is 69.9 cm³/mol. The number of halogens is 1. The van der Waals surface area contributed by atoms with Crippen LogP contribution in [0.4, 0.5) is 0 Å². The minimum atomic E-state index is -3.24. The molecule has 0 spiro atoms. The van der Waals surface area contributed by atoms with Crippen LogP contribution in [-0.4, -0.2) is 48.5 Å². The number of hydrogen-bond donors (Lipinski definition) is 0. The van der Waals surface area contributed by atoms with E-state index in [1.54, 1.807) is 11.4 Å². The fourth-order valence-corrected chi connectivity index (χ4v) is 4.13. The summed E-state index contributed by atoms with van der Waals surface area (Å²) in [6.07, 6.45) is 2.04. The molecule has 1 unspecified atom stereocenters. The fraction of sp³-hybridized carbons (Fsp3) is 1.00. The maximum atomic E-state index is 12.2. The van der Waals surface area contributed by atoms with Crippen molar-refractivity contribution >= 4 is 26.1 Å². The molecule has 0 saturated carbocycles. The fourth-order valence-electron chi connectivity index (χ4n) is 1.85. The summed E-state index contributed by atoms with van der Waals surface area (Å²) in [6.45, 7) is 5.12. The van der Waals surface area contributed by atoms with E-state index in [0.29, 0.717) is 19.0 Å². The number of nitrogens with zero attached hydrogens (tertiary/aromatic N) is 2. The molecule has 1 saturated heterocycles. The Hall–Kier alpha value is 0.350. The second-order valence-corrected chi connectivity index (χ2v) is 7.39. The van der Waals surface area contributed by atoms with Gasteiger partial charge in [-0.25, -0.2) is 0 Å². The van der Waals surface area contributed by atoms with E-state index in [-0.39, 0.29) is 6.04 Å². The van der Waals surface area contributed by atoms with Crippen LogP contribution in [0, 0.1) is 5.92 Å². The van der Waals surface area contributed by atoms with Gasteiger partial charge in [-0.1, -0.05) is 15.9 Å². The number of rotatable bonds is 5. The molecule has 0 N–H and O–H groups in total. The van der Waals surface area contributed by atoms with Gasteiger partial charge in [0, 0.05) is 31.5 Å². The van der Waals surface area contributed by atoms with Crippen molar-refractivity contribution in [1.82, 2.24) is 8.61 Å². The van der Waals surface area contributed by atoms with Crippen LogP contribution in [0.2, 0.25) is 0 Å². The second-order valence-electron chi connectivity index (χ2n) is 4.61. The zero-order chi connectivity index (χ0) is 12.3. The number of hydrogen-bond acceptors (Lipinski definition) is 2. The molecule has 96 valence electrons. The van der Waals surface area contributed by atoms with Gasteiger partial charge in [-0.05, 0) is 32.6 Å². The van der Waals surface area contributed by atoms with Crippen LogP contribution in [-0.2, 0) is 10.2 Å². The second kappa shape index (κ2) is 5.80. The Bertz CT molecular complexity index is 319. The van der Waals surface area contributed by atoms with Gasteiger partial charge < -0.3 is 0 Å². The Morgan fingerprint density at radius 3 is 2.62 bits per heavy atom. The van der Waals surface area contributed by atoms with Gasteiger partial charge in [0.05, 0.1) is 0 Å². The highest BCUT2D eigenvalue weighted by atomic mass is 79.9. The highest BCUT2D eigenvalue weighted by Crippen LogP contribution is 2.24. The van der Waals surface area contributed by atoms with Crippen LogP contribution in [0.1, 0.15) is 26.7 Å². The summed E-state index contributed by atoms with van der Waals surface area (Å²) >= 11 is 3.40. The van der Waals surface area contributed by atoms with Crippen LogP contribution >= 0.6 is 15.9 Å². The minimum Gasteiger partial charge on any atom is -0.195 e. The maximum absolute atomic E-state index is 12.2. The molecular formula is C10H21BrN2O2S. The molecule has 4 nitrogen and oxygen atoms in total. The lowest BCUT2D eigenvalue weighted by Crippen LogP contribution is -2.43. The third-order valence-electron chi connectivity index (χ3n) is 3.18. The monoisotopic (exact) mass is 312 g/mol. The van der Waals surface area contributed by atoms with Gasteiger partial charge in [0.15, 0.2) is 0 Å². The van der Waals surface area contributed by atoms with Crippen LogP contribution in [0.5, 0.6) is 0 Å². The Labute approximate surface area is 107 Å². The average molecular weight is 313 g/mol. The first kappa shape index (κ1) is 14.4. The smallest absolute Gasteiger partial charge is 0.195 e. The molecule has 0 aromatic heterocycles. The van der Waals surface area contributed by atoms with Crippen molar-refractivity contribution in [3.05, 3.63) is 0 Å². The van der Waals surface area contributed by atoms with Gasteiger partial charge in [-0.2, -0.15) is 17.0 Å². The Morgan fingerprint density at radius 2 is 2.12 bits per heavy atom. The van der Waals surface area contributed by atoms with Crippen LogP contribution in [0.15, 0.2) is 0 Å². The molecule has 1 aliphatic heterocycles. The van der Waals surface area contributed by atoms with E-state index in [2.05, 4.69) is 15.9 Å². The van der Waals surface area contributed by atoms with Gasteiger partial charge in [0.25, 0.3) is 10.2 Å². The maximum Gasteiger partial charge on any atom is 0.281 e. The predicted octanol–water partition coefficient (Wildman–Crippen LogP) is 1.68. The molecule has 16 heavy (non-hydrogen) atoms. The lowest BCUT2D eigenvalue weighted by Gasteiger charge is -2.26. The summed E-state index contributed by atoms with van der Waals surface area (Å²) in [5.74, 6) is 0.509. The Morgan fingerprint density at radius 1 is 1.50 bits per heavy atom. The number of alkyl halides is 1.